The highest BCUT2D eigenvalue weighted by atomic mass is 16.5. The lowest BCUT2D eigenvalue weighted by atomic mass is 10.1. The number of carbonyl (C=O) groups excluding carboxylic acids is 1. The van der Waals surface area contributed by atoms with E-state index in [0.29, 0.717) is 29.4 Å². The molecule has 1 heterocycles. The molecular formula is C14H16N2O4. The summed E-state index contributed by atoms with van der Waals surface area (Å²) in [6.45, 7) is 0. The first kappa shape index (κ1) is 13.9. The van der Waals surface area contributed by atoms with Gasteiger partial charge in [0.2, 0.25) is 0 Å². The maximum absolute atomic E-state index is 11.3. The van der Waals surface area contributed by atoms with Crippen LogP contribution in [-0.2, 0) is 11.2 Å². The highest BCUT2D eigenvalue weighted by molar-refractivity contribution is 5.86. The quantitative estimate of drug-likeness (QED) is 0.843. The van der Waals surface area contributed by atoms with Gasteiger partial charge in [-0.2, -0.15) is 0 Å². The Morgan fingerprint density at radius 3 is 2.60 bits per heavy atom. The topological polar surface area (TPSA) is 73.4 Å². The average molecular weight is 276 g/mol. The van der Waals surface area contributed by atoms with Gasteiger partial charge in [0, 0.05) is 6.42 Å². The number of hydrogen-bond donors (Lipinski definition) is 1. The second-order valence-corrected chi connectivity index (χ2v) is 4.10. The van der Waals surface area contributed by atoms with Gasteiger partial charge in [0.1, 0.15) is 11.5 Å². The normalized spacial score (nSPS) is 10.2. The van der Waals surface area contributed by atoms with Gasteiger partial charge in [-0.25, -0.2) is 9.78 Å². The number of nitrogens with one attached hydrogen (secondary N) is 1. The van der Waals surface area contributed by atoms with Crippen molar-refractivity contribution >= 4 is 5.97 Å². The lowest BCUT2D eigenvalue weighted by Gasteiger charge is -2.08. The maximum Gasteiger partial charge on any atom is 0.356 e. The Morgan fingerprint density at radius 1 is 1.20 bits per heavy atom. The smallest absolute Gasteiger partial charge is 0.356 e. The number of esters is 1. The van der Waals surface area contributed by atoms with Crippen molar-refractivity contribution < 1.29 is 19.0 Å². The summed E-state index contributed by atoms with van der Waals surface area (Å²) < 4.78 is 15.0. The molecule has 106 valence electrons. The molecule has 20 heavy (non-hydrogen) atoms. The minimum atomic E-state index is -0.434. The van der Waals surface area contributed by atoms with Crippen LogP contribution in [0.4, 0.5) is 0 Å². The number of imidazole rings is 1. The van der Waals surface area contributed by atoms with Crippen LogP contribution in [0.3, 0.4) is 0 Å². The van der Waals surface area contributed by atoms with Crippen LogP contribution in [-0.4, -0.2) is 37.3 Å². The van der Waals surface area contributed by atoms with Gasteiger partial charge in [0.15, 0.2) is 11.5 Å². The molecule has 0 amide bonds. The standard InChI is InChI=1S/C14H16N2O4/c1-18-11-5-4-9(6-12(11)19-2)7-13-15-8-10(16-13)14(17)20-3/h4-6,8H,7H2,1-3H3,(H,15,16). The van der Waals surface area contributed by atoms with Crippen molar-refractivity contribution in [3.8, 4) is 11.5 Å². The number of aromatic amines is 1. The first-order valence-electron chi connectivity index (χ1n) is 6.01. The number of H-pyrrole nitrogens is 1. The van der Waals surface area contributed by atoms with Gasteiger partial charge in [0.05, 0.1) is 27.5 Å². The van der Waals surface area contributed by atoms with E-state index in [9.17, 15) is 4.79 Å². The lowest BCUT2D eigenvalue weighted by molar-refractivity contribution is 0.0594. The average Bonchev–Trinajstić information content (AvgIpc) is 2.94. The number of aromatic nitrogens is 2. The zero-order valence-electron chi connectivity index (χ0n) is 11.6. The van der Waals surface area contributed by atoms with E-state index in [1.165, 1.54) is 13.3 Å². The Morgan fingerprint density at radius 2 is 1.95 bits per heavy atom. The van der Waals surface area contributed by atoms with Gasteiger partial charge in [-0.1, -0.05) is 6.07 Å². The highest BCUT2D eigenvalue weighted by Gasteiger charge is 2.11. The van der Waals surface area contributed by atoms with E-state index in [4.69, 9.17) is 9.47 Å². The maximum atomic E-state index is 11.3. The van der Waals surface area contributed by atoms with Gasteiger partial charge < -0.3 is 19.2 Å². The number of carbonyl (C=O) groups is 1. The minimum Gasteiger partial charge on any atom is -0.493 e. The van der Waals surface area contributed by atoms with Crippen molar-refractivity contribution in [2.45, 2.75) is 6.42 Å². The van der Waals surface area contributed by atoms with E-state index >= 15 is 0 Å². The molecule has 0 fully saturated rings. The Hall–Kier alpha value is -2.50. The Balaban J connectivity index is 2.17. The van der Waals surface area contributed by atoms with E-state index < -0.39 is 5.97 Å². The molecule has 1 N–H and O–H groups in total. The van der Waals surface area contributed by atoms with E-state index in [2.05, 4.69) is 14.7 Å². The summed E-state index contributed by atoms with van der Waals surface area (Å²) in [7, 11) is 4.51. The summed E-state index contributed by atoms with van der Waals surface area (Å²) in [5, 5.41) is 0. The first-order valence-corrected chi connectivity index (χ1v) is 6.01. The second-order valence-electron chi connectivity index (χ2n) is 4.10. The monoisotopic (exact) mass is 276 g/mol. The third-order valence-corrected chi connectivity index (χ3v) is 2.85. The van der Waals surface area contributed by atoms with Gasteiger partial charge in [-0.3, -0.25) is 0 Å². The molecule has 0 bridgehead atoms. The summed E-state index contributed by atoms with van der Waals surface area (Å²) in [6.07, 6.45) is 2.01. The zero-order valence-corrected chi connectivity index (χ0v) is 11.6. The minimum absolute atomic E-state index is 0.336. The first-order chi connectivity index (χ1) is 9.67. The summed E-state index contributed by atoms with van der Waals surface area (Å²) in [4.78, 5) is 18.4. The number of rotatable bonds is 5. The van der Waals surface area contributed by atoms with Crippen molar-refractivity contribution in [3.63, 3.8) is 0 Å². The second kappa shape index (κ2) is 6.10. The Bertz CT molecular complexity index is 607. The third-order valence-electron chi connectivity index (χ3n) is 2.85. The predicted octanol–water partition coefficient (Wildman–Crippen LogP) is 1.80. The molecule has 6 heteroatoms. The van der Waals surface area contributed by atoms with Gasteiger partial charge in [0.25, 0.3) is 0 Å². The highest BCUT2D eigenvalue weighted by Crippen LogP contribution is 2.28. The summed E-state index contributed by atoms with van der Waals surface area (Å²) >= 11 is 0. The van der Waals surface area contributed by atoms with Crippen LogP contribution in [0, 0.1) is 0 Å². The molecule has 2 rings (SSSR count). The van der Waals surface area contributed by atoms with Gasteiger partial charge in [-0.05, 0) is 17.7 Å². The molecule has 1 aromatic heterocycles. The molecule has 0 spiro atoms. The summed E-state index contributed by atoms with van der Waals surface area (Å²) in [5.74, 6) is 1.57. The van der Waals surface area contributed by atoms with Gasteiger partial charge >= 0.3 is 5.97 Å². The molecule has 0 radical (unpaired) electrons. The molecule has 0 saturated carbocycles. The summed E-state index contributed by atoms with van der Waals surface area (Å²) in [6, 6.07) is 5.62. The molecule has 0 unspecified atom stereocenters. The summed E-state index contributed by atoms with van der Waals surface area (Å²) in [5.41, 5.74) is 1.33. The SMILES string of the molecule is COC(=O)c1cnc(Cc2ccc(OC)c(OC)c2)[nH]1. The van der Waals surface area contributed by atoms with E-state index in [1.807, 2.05) is 18.2 Å². The van der Waals surface area contributed by atoms with Crippen LogP contribution < -0.4 is 9.47 Å². The fourth-order valence-electron chi connectivity index (χ4n) is 1.85. The van der Waals surface area contributed by atoms with Crippen LogP contribution in [0.15, 0.2) is 24.4 Å². The van der Waals surface area contributed by atoms with Crippen LogP contribution in [0.25, 0.3) is 0 Å². The molecule has 0 saturated heterocycles. The lowest BCUT2D eigenvalue weighted by Crippen LogP contribution is -2.01. The molecule has 0 aliphatic heterocycles. The zero-order chi connectivity index (χ0) is 14.5. The molecule has 2 aromatic rings. The van der Waals surface area contributed by atoms with E-state index in [0.717, 1.165) is 5.56 Å². The van der Waals surface area contributed by atoms with Crippen LogP contribution in [0.5, 0.6) is 11.5 Å². The fraction of sp³-hybridized carbons (Fsp3) is 0.286. The Labute approximate surface area is 116 Å². The van der Waals surface area contributed by atoms with Crippen LogP contribution in [0.1, 0.15) is 21.9 Å². The molecule has 6 nitrogen and oxygen atoms in total. The third kappa shape index (κ3) is 2.90. The number of benzene rings is 1. The van der Waals surface area contributed by atoms with Gasteiger partial charge in [-0.15, -0.1) is 0 Å². The molecular weight excluding hydrogens is 260 g/mol. The molecule has 0 atom stereocenters. The van der Waals surface area contributed by atoms with Crippen molar-refractivity contribution in [1.29, 1.82) is 0 Å². The number of methoxy groups -OCH3 is 3. The van der Waals surface area contributed by atoms with Crippen molar-refractivity contribution in [3.05, 3.63) is 41.5 Å². The fourth-order valence-corrected chi connectivity index (χ4v) is 1.85. The van der Waals surface area contributed by atoms with E-state index in [1.54, 1.807) is 14.2 Å². The van der Waals surface area contributed by atoms with E-state index in [-0.39, 0.29) is 0 Å². The number of nitrogens with zero attached hydrogens (tertiary/aromatic N) is 1. The number of hydrogen-bond acceptors (Lipinski definition) is 5. The van der Waals surface area contributed by atoms with Crippen LogP contribution in [0.2, 0.25) is 0 Å². The molecule has 1 aromatic carbocycles. The predicted molar refractivity (Wildman–Crippen MR) is 72.3 cm³/mol. The van der Waals surface area contributed by atoms with Crippen molar-refractivity contribution in [2.75, 3.05) is 21.3 Å². The van der Waals surface area contributed by atoms with Crippen LogP contribution >= 0.6 is 0 Å². The molecule has 0 aliphatic carbocycles. The number of ether oxygens (including phenoxy) is 3. The Kier molecular flexibility index (Phi) is 4.24. The van der Waals surface area contributed by atoms with Crippen molar-refractivity contribution in [1.82, 2.24) is 9.97 Å². The largest absolute Gasteiger partial charge is 0.493 e. The molecule has 0 aliphatic rings. The van der Waals surface area contributed by atoms with Crippen molar-refractivity contribution in [2.24, 2.45) is 0 Å².